The molecule has 8 nitrogen and oxygen atoms in total. The van der Waals surface area contributed by atoms with Gasteiger partial charge in [-0.05, 0) is 30.3 Å². The van der Waals surface area contributed by atoms with Crippen LogP contribution in [0, 0.1) is 11.3 Å². The number of rotatable bonds is 6. The van der Waals surface area contributed by atoms with Gasteiger partial charge >= 0.3 is 0 Å². The van der Waals surface area contributed by atoms with E-state index in [2.05, 4.69) is 5.32 Å². The van der Waals surface area contributed by atoms with Crippen LogP contribution in [0.1, 0.15) is 15.9 Å². The molecule has 1 aliphatic rings. The summed E-state index contributed by atoms with van der Waals surface area (Å²) >= 11 is 0. The minimum Gasteiger partial charge on any atom is -0.454 e. The van der Waals surface area contributed by atoms with Crippen molar-refractivity contribution in [2.45, 2.75) is 0 Å². The van der Waals surface area contributed by atoms with Crippen LogP contribution in [-0.4, -0.2) is 40.5 Å². The van der Waals surface area contributed by atoms with Gasteiger partial charge in [-0.3, -0.25) is 9.10 Å². The Labute approximate surface area is 157 Å². The molecule has 0 atom stereocenters. The number of amides is 1. The smallest absolute Gasteiger partial charge is 0.251 e. The molecule has 9 heteroatoms. The molecule has 1 heterocycles. The first-order valence-electron chi connectivity index (χ1n) is 8.05. The van der Waals surface area contributed by atoms with E-state index < -0.39 is 10.0 Å². The van der Waals surface area contributed by atoms with Crippen LogP contribution < -0.4 is 19.1 Å². The highest BCUT2D eigenvalue weighted by Gasteiger charge is 2.21. The van der Waals surface area contributed by atoms with Crippen LogP contribution in [-0.2, 0) is 10.0 Å². The summed E-state index contributed by atoms with van der Waals surface area (Å²) < 4.78 is 35.8. The lowest BCUT2D eigenvalue weighted by atomic mass is 10.2. The summed E-state index contributed by atoms with van der Waals surface area (Å²) in [6.45, 7) is 0.177. The second kappa shape index (κ2) is 7.55. The second-order valence-electron chi connectivity index (χ2n) is 5.79. The summed E-state index contributed by atoms with van der Waals surface area (Å²) in [6.07, 6.45) is 1.06. The van der Waals surface area contributed by atoms with Gasteiger partial charge in [-0.15, -0.1) is 0 Å². The third-order valence-corrected chi connectivity index (χ3v) is 5.11. The Bertz CT molecular complexity index is 1010. The first kappa shape index (κ1) is 18.5. The number of para-hydroxylation sites is 1. The zero-order chi connectivity index (χ0) is 19.4. The van der Waals surface area contributed by atoms with Crippen molar-refractivity contribution >= 4 is 21.6 Å². The number of carbonyl (C=O) groups is 1. The van der Waals surface area contributed by atoms with E-state index in [1.165, 1.54) is 0 Å². The van der Waals surface area contributed by atoms with Gasteiger partial charge in [-0.2, -0.15) is 5.26 Å². The maximum Gasteiger partial charge on any atom is 0.251 e. The predicted molar refractivity (Wildman–Crippen MR) is 98.2 cm³/mol. The Hall–Kier alpha value is -3.25. The van der Waals surface area contributed by atoms with Gasteiger partial charge in [-0.1, -0.05) is 12.1 Å². The molecular weight excluding hydrogens is 370 g/mol. The molecule has 1 amide bonds. The Morgan fingerprint density at radius 1 is 1.22 bits per heavy atom. The maximum atomic E-state index is 12.3. The molecule has 0 spiro atoms. The highest BCUT2D eigenvalue weighted by Crippen LogP contribution is 2.32. The normalized spacial score (nSPS) is 12.3. The quantitative estimate of drug-likeness (QED) is 0.804. The third-order valence-electron chi connectivity index (χ3n) is 3.93. The van der Waals surface area contributed by atoms with E-state index >= 15 is 0 Å². The molecule has 0 saturated carbocycles. The van der Waals surface area contributed by atoms with Gasteiger partial charge in [0.15, 0.2) is 11.5 Å². The third kappa shape index (κ3) is 4.12. The van der Waals surface area contributed by atoms with Gasteiger partial charge < -0.3 is 14.8 Å². The molecule has 0 saturated heterocycles. The lowest BCUT2D eigenvalue weighted by Crippen LogP contribution is -2.38. The molecule has 3 rings (SSSR count). The molecule has 1 aliphatic heterocycles. The largest absolute Gasteiger partial charge is 0.454 e. The van der Waals surface area contributed by atoms with Crippen LogP contribution in [0.3, 0.4) is 0 Å². The fourth-order valence-corrected chi connectivity index (χ4v) is 3.60. The average Bonchev–Trinajstić information content (AvgIpc) is 3.11. The number of carbonyl (C=O) groups excluding carboxylic acids is 1. The standard InChI is InChI=1S/C18H17N3O5S/c1-27(23,24)21(15-5-3-2-4-14(15)11-19)9-8-20-18(22)13-6-7-16-17(10-13)26-12-25-16/h2-7,10H,8-9,12H2,1H3,(H,20,22). The van der Waals surface area contributed by atoms with Crippen LogP contribution in [0.4, 0.5) is 5.69 Å². The average molecular weight is 387 g/mol. The predicted octanol–water partition coefficient (Wildman–Crippen LogP) is 1.48. The summed E-state index contributed by atoms with van der Waals surface area (Å²) in [5.74, 6) is 0.696. The molecule has 0 aromatic heterocycles. The van der Waals surface area contributed by atoms with Crippen molar-refractivity contribution in [3.8, 4) is 17.6 Å². The van der Waals surface area contributed by atoms with Crippen molar-refractivity contribution in [3.05, 3.63) is 53.6 Å². The van der Waals surface area contributed by atoms with Crippen molar-refractivity contribution in [2.75, 3.05) is 30.4 Å². The van der Waals surface area contributed by atoms with Crippen molar-refractivity contribution in [3.63, 3.8) is 0 Å². The van der Waals surface area contributed by atoms with Gasteiger partial charge in [0.25, 0.3) is 5.91 Å². The minimum absolute atomic E-state index is 0.00613. The topological polar surface area (TPSA) is 109 Å². The summed E-state index contributed by atoms with van der Waals surface area (Å²) in [4.78, 5) is 12.3. The van der Waals surface area contributed by atoms with Crippen LogP contribution in [0.15, 0.2) is 42.5 Å². The molecule has 1 N–H and O–H groups in total. The molecule has 0 unspecified atom stereocenters. The van der Waals surface area contributed by atoms with Gasteiger partial charge in [0.2, 0.25) is 16.8 Å². The van der Waals surface area contributed by atoms with Gasteiger partial charge in [0.1, 0.15) is 6.07 Å². The number of nitrogens with zero attached hydrogens (tertiary/aromatic N) is 2. The van der Waals surface area contributed by atoms with Crippen molar-refractivity contribution in [1.29, 1.82) is 5.26 Å². The Balaban J connectivity index is 1.70. The van der Waals surface area contributed by atoms with Crippen molar-refractivity contribution in [2.24, 2.45) is 0 Å². The number of benzene rings is 2. The van der Waals surface area contributed by atoms with Crippen LogP contribution in [0.2, 0.25) is 0 Å². The summed E-state index contributed by atoms with van der Waals surface area (Å²) in [5, 5.41) is 11.9. The first-order valence-corrected chi connectivity index (χ1v) is 9.89. The molecular formula is C18H17N3O5S. The van der Waals surface area contributed by atoms with E-state index in [0.717, 1.165) is 10.6 Å². The Morgan fingerprint density at radius 3 is 2.70 bits per heavy atom. The number of hydrogen-bond acceptors (Lipinski definition) is 6. The molecule has 0 aliphatic carbocycles. The van der Waals surface area contributed by atoms with E-state index in [4.69, 9.17) is 9.47 Å². The second-order valence-corrected chi connectivity index (χ2v) is 7.69. The summed E-state index contributed by atoms with van der Waals surface area (Å²) in [7, 11) is -3.63. The fourth-order valence-electron chi connectivity index (χ4n) is 2.66. The lowest BCUT2D eigenvalue weighted by Gasteiger charge is -2.23. The van der Waals surface area contributed by atoms with E-state index in [-0.39, 0.29) is 37.0 Å². The number of fused-ring (bicyclic) bond motifs is 1. The maximum absolute atomic E-state index is 12.3. The number of anilines is 1. The number of sulfonamides is 1. The van der Waals surface area contributed by atoms with E-state index in [9.17, 15) is 18.5 Å². The molecule has 0 bridgehead atoms. The number of nitrogens with one attached hydrogen (secondary N) is 1. The zero-order valence-corrected chi connectivity index (χ0v) is 15.3. The van der Waals surface area contributed by atoms with Gasteiger partial charge in [0.05, 0.1) is 24.1 Å². The first-order chi connectivity index (χ1) is 12.9. The molecule has 27 heavy (non-hydrogen) atoms. The van der Waals surface area contributed by atoms with E-state index in [1.807, 2.05) is 6.07 Å². The van der Waals surface area contributed by atoms with E-state index in [1.54, 1.807) is 42.5 Å². The van der Waals surface area contributed by atoms with E-state index in [0.29, 0.717) is 17.1 Å². The minimum atomic E-state index is -3.63. The molecule has 0 radical (unpaired) electrons. The Kier molecular flexibility index (Phi) is 5.19. The van der Waals surface area contributed by atoms with Crippen LogP contribution >= 0.6 is 0 Å². The van der Waals surface area contributed by atoms with Gasteiger partial charge in [-0.25, -0.2) is 8.42 Å². The van der Waals surface area contributed by atoms with Crippen molar-refractivity contribution < 1.29 is 22.7 Å². The summed E-state index contributed by atoms with van der Waals surface area (Å²) in [6, 6.07) is 13.2. The monoisotopic (exact) mass is 387 g/mol. The van der Waals surface area contributed by atoms with Crippen molar-refractivity contribution in [1.82, 2.24) is 5.32 Å². The summed E-state index contributed by atoms with van der Waals surface area (Å²) in [5.41, 5.74) is 0.896. The molecule has 140 valence electrons. The fraction of sp³-hybridized carbons (Fsp3) is 0.222. The highest BCUT2D eigenvalue weighted by molar-refractivity contribution is 7.92. The van der Waals surface area contributed by atoms with Crippen LogP contribution in [0.25, 0.3) is 0 Å². The highest BCUT2D eigenvalue weighted by atomic mass is 32.2. The lowest BCUT2D eigenvalue weighted by molar-refractivity contribution is 0.0954. The molecule has 2 aromatic carbocycles. The Morgan fingerprint density at radius 2 is 1.96 bits per heavy atom. The zero-order valence-electron chi connectivity index (χ0n) is 14.5. The number of ether oxygens (including phenoxy) is 2. The number of nitriles is 1. The van der Waals surface area contributed by atoms with Crippen LogP contribution in [0.5, 0.6) is 11.5 Å². The molecule has 2 aromatic rings. The number of hydrogen-bond donors (Lipinski definition) is 1. The SMILES string of the molecule is CS(=O)(=O)N(CCNC(=O)c1ccc2c(c1)OCO2)c1ccccc1C#N. The molecule has 0 fully saturated rings. The van der Waals surface area contributed by atoms with Gasteiger partial charge in [0, 0.05) is 12.1 Å².